The van der Waals surface area contributed by atoms with Crippen LogP contribution in [-0.2, 0) is 23.4 Å². The first kappa shape index (κ1) is 21.8. The number of aromatic amines is 1. The van der Waals surface area contributed by atoms with E-state index in [0.717, 1.165) is 24.2 Å². The summed E-state index contributed by atoms with van der Waals surface area (Å²) in [5.74, 6) is 0.567. The average Bonchev–Trinajstić information content (AvgIpc) is 2.75. The number of carbonyl (C=O) groups is 1. The molecule has 0 spiro atoms. The number of benzene rings is 2. The van der Waals surface area contributed by atoms with Gasteiger partial charge in [0, 0.05) is 23.1 Å². The largest absolute Gasteiger partial charge is 0.353 e. The van der Waals surface area contributed by atoms with E-state index < -0.39 is 0 Å². The summed E-state index contributed by atoms with van der Waals surface area (Å²) in [5, 5.41) is 3.56. The Labute approximate surface area is 181 Å². The quantitative estimate of drug-likeness (QED) is 0.404. The zero-order valence-electron chi connectivity index (χ0n) is 17.4. The van der Waals surface area contributed by atoms with Crippen molar-refractivity contribution in [3.05, 3.63) is 93.4 Å². The number of thioether (sulfide) groups is 1. The molecule has 3 aromatic rings. The third kappa shape index (κ3) is 6.59. The predicted octanol–water partition coefficient (Wildman–Crippen LogP) is 4.05. The van der Waals surface area contributed by atoms with Gasteiger partial charge in [0.25, 0.3) is 5.56 Å². The Hall–Kier alpha value is -2.86. The number of rotatable bonds is 9. The molecule has 0 fully saturated rings. The van der Waals surface area contributed by atoms with Gasteiger partial charge in [0.1, 0.15) is 0 Å². The van der Waals surface area contributed by atoms with E-state index in [0.29, 0.717) is 16.4 Å². The molecule has 0 bridgehead atoms. The molecule has 1 amide bonds. The van der Waals surface area contributed by atoms with Crippen LogP contribution in [0.15, 0.2) is 70.6 Å². The summed E-state index contributed by atoms with van der Waals surface area (Å²) in [7, 11) is 0. The fraction of sp³-hybridized carbons (Fsp3) is 0.292. The fourth-order valence-corrected chi connectivity index (χ4v) is 4.04. The van der Waals surface area contributed by atoms with Crippen molar-refractivity contribution >= 4 is 17.7 Å². The van der Waals surface area contributed by atoms with E-state index in [-0.39, 0.29) is 23.9 Å². The van der Waals surface area contributed by atoms with Crippen molar-refractivity contribution < 1.29 is 4.79 Å². The van der Waals surface area contributed by atoms with Crippen molar-refractivity contribution in [3.63, 3.8) is 0 Å². The van der Waals surface area contributed by atoms with Crippen LogP contribution < -0.4 is 10.9 Å². The minimum Gasteiger partial charge on any atom is -0.353 e. The molecule has 6 heteroatoms. The number of aromatic nitrogens is 2. The van der Waals surface area contributed by atoms with Crippen LogP contribution in [-0.4, -0.2) is 21.9 Å². The lowest BCUT2D eigenvalue weighted by atomic mass is 10.1. The summed E-state index contributed by atoms with van der Waals surface area (Å²) >= 11 is 1.48. The van der Waals surface area contributed by atoms with Crippen LogP contribution in [0, 0.1) is 6.92 Å². The highest BCUT2D eigenvalue weighted by Gasteiger charge is 2.15. The average molecular weight is 422 g/mol. The van der Waals surface area contributed by atoms with Gasteiger partial charge in [0.15, 0.2) is 5.16 Å². The maximum Gasteiger partial charge on any atom is 0.255 e. The first-order valence-electron chi connectivity index (χ1n) is 10.1. The molecule has 3 rings (SSSR count). The van der Waals surface area contributed by atoms with Crippen molar-refractivity contribution in [2.75, 3.05) is 0 Å². The molecule has 0 saturated heterocycles. The first-order valence-corrected chi connectivity index (χ1v) is 11.1. The van der Waals surface area contributed by atoms with Gasteiger partial charge in [0.05, 0.1) is 6.42 Å². The number of nitrogens with zero attached hydrogens (tertiary/aromatic N) is 1. The third-order valence-corrected chi connectivity index (χ3v) is 5.82. The first-order chi connectivity index (χ1) is 14.5. The van der Waals surface area contributed by atoms with E-state index in [1.807, 2.05) is 55.5 Å². The highest BCUT2D eigenvalue weighted by molar-refractivity contribution is 7.98. The van der Waals surface area contributed by atoms with Crippen LogP contribution >= 0.6 is 11.8 Å². The Morgan fingerprint density at radius 2 is 1.70 bits per heavy atom. The zero-order chi connectivity index (χ0) is 21.3. The van der Waals surface area contributed by atoms with Crippen LogP contribution in [0.2, 0.25) is 0 Å². The van der Waals surface area contributed by atoms with E-state index in [1.165, 1.54) is 17.3 Å². The second-order valence-electron chi connectivity index (χ2n) is 7.38. The van der Waals surface area contributed by atoms with Crippen LogP contribution in [0.5, 0.6) is 0 Å². The zero-order valence-corrected chi connectivity index (χ0v) is 18.2. The Kier molecular flexibility index (Phi) is 7.85. The van der Waals surface area contributed by atoms with E-state index in [9.17, 15) is 9.59 Å². The molecule has 0 radical (unpaired) electrons. The molecule has 0 aliphatic rings. The Balaban J connectivity index is 1.53. The van der Waals surface area contributed by atoms with Gasteiger partial charge in [-0.2, -0.15) is 0 Å². The van der Waals surface area contributed by atoms with E-state index in [2.05, 4.69) is 27.4 Å². The summed E-state index contributed by atoms with van der Waals surface area (Å²) in [6.45, 7) is 3.77. The second kappa shape index (κ2) is 10.8. The minimum atomic E-state index is -0.245. The molecular formula is C24H27N3O2S. The molecule has 2 aromatic carbocycles. The molecule has 0 aliphatic heterocycles. The van der Waals surface area contributed by atoms with Crippen molar-refractivity contribution in [2.45, 2.75) is 50.1 Å². The minimum absolute atomic E-state index is 0.0331. The number of H-pyrrole nitrogens is 1. The molecule has 5 nitrogen and oxygen atoms in total. The van der Waals surface area contributed by atoms with E-state index in [4.69, 9.17) is 0 Å². The monoisotopic (exact) mass is 421 g/mol. The summed E-state index contributed by atoms with van der Waals surface area (Å²) < 4.78 is 0. The molecule has 1 atom stereocenters. The molecule has 156 valence electrons. The smallest absolute Gasteiger partial charge is 0.255 e. The molecular weight excluding hydrogens is 394 g/mol. The lowest BCUT2D eigenvalue weighted by Gasteiger charge is -2.14. The van der Waals surface area contributed by atoms with Crippen molar-refractivity contribution in [1.29, 1.82) is 0 Å². The van der Waals surface area contributed by atoms with Crippen LogP contribution in [0.1, 0.15) is 35.7 Å². The number of amides is 1. The standard InChI is InChI=1S/C24H27N3O2S/c1-17(13-14-19-9-5-3-6-10-19)25-22(28)15-21-18(2)26-24(27-23(21)29)30-16-20-11-7-4-8-12-20/h3-12,17H,13-16H2,1-2H3,(H,25,28)(H,26,27,29). The normalized spacial score (nSPS) is 11.8. The Bertz CT molecular complexity index is 1020. The van der Waals surface area contributed by atoms with Crippen molar-refractivity contribution in [3.8, 4) is 0 Å². The summed E-state index contributed by atoms with van der Waals surface area (Å²) in [6.07, 6.45) is 1.78. The number of hydrogen-bond acceptors (Lipinski definition) is 4. The summed E-state index contributed by atoms with van der Waals surface area (Å²) in [6, 6.07) is 20.2. The lowest BCUT2D eigenvalue weighted by molar-refractivity contribution is -0.121. The second-order valence-corrected chi connectivity index (χ2v) is 8.34. The molecule has 30 heavy (non-hydrogen) atoms. The summed E-state index contributed by atoms with van der Waals surface area (Å²) in [4.78, 5) is 32.2. The molecule has 1 unspecified atom stereocenters. The Morgan fingerprint density at radius 3 is 2.33 bits per heavy atom. The molecule has 1 aromatic heterocycles. The third-order valence-electron chi connectivity index (χ3n) is 4.87. The highest BCUT2D eigenvalue weighted by atomic mass is 32.2. The molecule has 1 heterocycles. The molecule has 2 N–H and O–H groups in total. The van der Waals surface area contributed by atoms with E-state index >= 15 is 0 Å². The predicted molar refractivity (Wildman–Crippen MR) is 122 cm³/mol. The maximum atomic E-state index is 12.5. The number of carbonyl (C=O) groups excluding carboxylic acids is 1. The lowest BCUT2D eigenvalue weighted by Crippen LogP contribution is -2.35. The van der Waals surface area contributed by atoms with Gasteiger partial charge < -0.3 is 10.3 Å². The number of nitrogens with one attached hydrogen (secondary N) is 2. The van der Waals surface area contributed by atoms with Crippen LogP contribution in [0.25, 0.3) is 0 Å². The van der Waals surface area contributed by atoms with Gasteiger partial charge in [-0.05, 0) is 37.8 Å². The van der Waals surface area contributed by atoms with Crippen LogP contribution in [0.4, 0.5) is 0 Å². The Morgan fingerprint density at radius 1 is 1.07 bits per heavy atom. The summed E-state index contributed by atoms with van der Waals surface area (Å²) in [5.41, 5.74) is 3.19. The van der Waals surface area contributed by atoms with Gasteiger partial charge in [-0.3, -0.25) is 9.59 Å². The van der Waals surface area contributed by atoms with Crippen molar-refractivity contribution in [2.24, 2.45) is 0 Å². The topological polar surface area (TPSA) is 74.8 Å². The number of aryl methyl sites for hydroxylation is 2. The highest BCUT2D eigenvalue weighted by Crippen LogP contribution is 2.18. The van der Waals surface area contributed by atoms with Gasteiger partial charge in [-0.1, -0.05) is 72.4 Å². The van der Waals surface area contributed by atoms with Gasteiger partial charge >= 0.3 is 0 Å². The SMILES string of the molecule is Cc1nc(SCc2ccccc2)[nH]c(=O)c1CC(=O)NC(C)CCc1ccccc1. The fourth-order valence-electron chi connectivity index (χ4n) is 3.17. The van der Waals surface area contributed by atoms with Gasteiger partial charge in [-0.25, -0.2) is 4.98 Å². The van der Waals surface area contributed by atoms with Gasteiger partial charge in [-0.15, -0.1) is 0 Å². The number of hydrogen-bond donors (Lipinski definition) is 2. The molecule has 0 aliphatic carbocycles. The maximum absolute atomic E-state index is 12.5. The van der Waals surface area contributed by atoms with E-state index in [1.54, 1.807) is 6.92 Å². The van der Waals surface area contributed by atoms with Crippen molar-refractivity contribution in [1.82, 2.24) is 15.3 Å². The molecule has 0 saturated carbocycles. The van der Waals surface area contributed by atoms with Gasteiger partial charge in [0.2, 0.25) is 5.91 Å². The van der Waals surface area contributed by atoms with Crippen LogP contribution in [0.3, 0.4) is 0 Å².